The Labute approximate surface area is 114 Å². The minimum Gasteiger partial charge on any atom is -0.305 e. The van der Waals surface area contributed by atoms with Crippen LogP contribution in [-0.2, 0) is 0 Å². The van der Waals surface area contributed by atoms with Gasteiger partial charge in [-0.15, -0.1) is 0 Å². The summed E-state index contributed by atoms with van der Waals surface area (Å²) in [5, 5.41) is 8.72. The minimum atomic E-state index is -0.339. The summed E-state index contributed by atoms with van der Waals surface area (Å²) in [7, 11) is -0.339. The molecule has 3 heteroatoms. The second-order valence-corrected chi connectivity index (χ2v) is 6.66. The molecule has 1 rings (SSSR count). The van der Waals surface area contributed by atoms with E-state index in [9.17, 15) is 0 Å². The van der Waals surface area contributed by atoms with Crippen LogP contribution >= 0.6 is 0 Å². The summed E-state index contributed by atoms with van der Waals surface area (Å²) < 4.78 is 0. The number of rotatable bonds is 9. The number of benzene rings is 1. The average Bonchev–Trinajstić information content (AvgIpc) is 2.42. The van der Waals surface area contributed by atoms with Gasteiger partial charge in [-0.1, -0.05) is 56.0 Å². The molecule has 0 amide bonds. The molecule has 100 valence electrons. The molecule has 2 N–H and O–H groups in total. The van der Waals surface area contributed by atoms with E-state index >= 15 is 0 Å². The van der Waals surface area contributed by atoms with Crippen molar-refractivity contribution in [3.63, 3.8) is 0 Å². The predicted molar refractivity (Wildman–Crippen MR) is 85.1 cm³/mol. The van der Waals surface area contributed by atoms with Gasteiger partial charge in [0.15, 0.2) is 0 Å². The van der Waals surface area contributed by atoms with Gasteiger partial charge < -0.3 is 10.6 Å². The van der Waals surface area contributed by atoms with Gasteiger partial charge in [0.05, 0.1) is 9.52 Å². The van der Waals surface area contributed by atoms with Crippen LogP contribution in [0, 0.1) is 0 Å². The van der Waals surface area contributed by atoms with Crippen LogP contribution in [0.1, 0.15) is 32.3 Å². The van der Waals surface area contributed by atoms with Crippen LogP contribution < -0.4 is 15.8 Å². The smallest absolute Gasteiger partial charge is 0.0917 e. The fourth-order valence-electron chi connectivity index (χ4n) is 1.94. The van der Waals surface area contributed by atoms with Gasteiger partial charge in [0.25, 0.3) is 0 Å². The zero-order valence-electron chi connectivity index (χ0n) is 11.7. The van der Waals surface area contributed by atoms with Crippen LogP contribution in [0.3, 0.4) is 0 Å². The van der Waals surface area contributed by atoms with E-state index in [1.807, 2.05) is 6.08 Å². The molecule has 0 aliphatic heterocycles. The fourth-order valence-corrected chi connectivity index (χ4v) is 3.73. The lowest BCUT2D eigenvalue weighted by Gasteiger charge is -2.19. The Morgan fingerprint density at radius 2 is 1.89 bits per heavy atom. The molecule has 2 nitrogen and oxygen atoms in total. The molecule has 0 fully saturated rings. The highest BCUT2D eigenvalue weighted by molar-refractivity contribution is 6.55. The van der Waals surface area contributed by atoms with Crippen molar-refractivity contribution in [1.82, 2.24) is 10.6 Å². The fraction of sp³-hybridized carbons (Fsp3) is 0.467. The van der Waals surface area contributed by atoms with Gasteiger partial charge in [0.2, 0.25) is 0 Å². The van der Waals surface area contributed by atoms with Gasteiger partial charge >= 0.3 is 0 Å². The molecule has 0 aliphatic carbocycles. The number of nitrogens with one attached hydrogen (secondary N) is 2. The van der Waals surface area contributed by atoms with E-state index in [0.29, 0.717) is 5.79 Å². The average molecular weight is 262 g/mol. The van der Waals surface area contributed by atoms with Gasteiger partial charge in [0.1, 0.15) is 0 Å². The van der Waals surface area contributed by atoms with Gasteiger partial charge in [0, 0.05) is 5.79 Å². The van der Waals surface area contributed by atoms with Gasteiger partial charge in [-0.05, 0) is 31.5 Å². The first-order valence-electron chi connectivity index (χ1n) is 6.98. The Balaban J connectivity index is 2.59. The Hall–Kier alpha value is -0.903. The quantitative estimate of drug-likeness (QED) is 0.519. The molecular weight excluding hydrogens is 236 g/mol. The SMILES string of the molecule is C=Cc1cccc([SiH2]C(NCCC)NCCC)c1. The van der Waals surface area contributed by atoms with Crippen LogP contribution in [-0.4, -0.2) is 28.4 Å². The first-order valence-corrected chi connectivity index (χ1v) is 8.50. The highest BCUT2D eigenvalue weighted by Gasteiger charge is 2.08. The van der Waals surface area contributed by atoms with Crippen molar-refractivity contribution in [2.45, 2.75) is 32.5 Å². The molecule has 1 aromatic carbocycles. The monoisotopic (exact) mass is 262 g/mol. The van der Waals surface area contributed by atoms with E-state index in [4.69, 9.17) is 0 Å². The predicted octanol–water partition coefficient (Wildman–Crippen LogP) is 1.41. The van der Waals surface area contributed by atoms with E-state index in [1.54, 1.807) is 0 Å². The Bertz CT molecular complexity index is 344. The summed E-state index contributed by atoms with van der Waals surface area (Å²) in [6.45, 7) is 10.4. The summed E-state index contributed by atoms with van der Waals surface area (Å²) in [6, 6.07) is 8.76. The molecule has 0 atom stereocenters. The lowest BCUT2D eigenvalue weighted by molar-refractivity contribution is 0.527. The molecule has 0 spiro atoms. The van der Waals surface area contributed by atoms with Crippen molar-refractivity contribution in [1.29, 1.82) is 0 Å². The van der Waals surface area contributed by atoms with Gasteiger partial charge in [-0.2, -0.15) is 0 Å². The van der Waals surface area contributed by atoms with Gasteiger partial charge in [-0.3, -0.25) is 0 Å². The zero-order valence-corrected chi connectivity index (χ0v) is 13.1. The molecule has 0 aromatic heterocycles. The van der Waals surface area contributed by atoms with E-state index in [2.05, 4.69) is 55.3 Å². The first-order chi connectivity index (χ1) is 8.80. The van der Waals surface area contributed by atoms with Crippen molar-refractivity contribution in [3.05, 3.63) is 36.4 Å². The lowest BCUT2D eigenvalue weighted by atomic mass is 10.2. The second kappa shape index (κ2) is 9.08. The third-order valence-electron chi connectivity index (χ3n) is 2.91. The molecule has 0 radical (unpaired) electrons. The van der Waals surface area contributed by atoms with Gasteiger partial charge in [-0.25, -0.2) is 0 Å². The standard InChI is InChI=1S/C15H26N2Si/c1-4-10-16-15(17-11-5-2)18-14-9-7-8-13(6-3)12-14/h6-9,12,15-17H,3-5,10-11,18H2,1-2H3. The molecular formula is C15H26N2Si. The summed E-state index contributed by atoms with van der Waals surface area (Å²) in [4.78, 5) is 0. The number of hydrogen-bond donors (Lipinski definition) is 2. The second-order valence-electron chi connectivity index (χ2n) is 4.61. The Kier molecular flexibility index (Phi) is 7.65. The van der Waals surface area contributed by atoms with Crippen molar-refractivity contribution in [2.75, 3.05) is 13.1 Å². The largest absolute Gasteiger partial charge is 0.305 e. The maximum atomic E-state index is 3.83. The van der Waals surface area contributed by atoms with Crippen molar-refractivity contribution >= 4 is 20.8 Å². The molecule has 0 bridgehead atoms. The Morgan fingerprint density at radius 1 is 1.22 bits per heavy atom. The van der Waals surface area contributed by atoms with Crippen LogP contribution in [0.4, 0.5) is 0 Å². The maximum absolute atomic E-state index is 3.83. The van der Waals surface area contributed by atoms with Crippen molar-refractivity contribution in [3.8, 4) is 0 Å². The molecule has 0 aliphatic rings. The number of hydrogen-bond acceptors (Lipinski definition) is 2. The van der Waals surface area contributed by atoms with Crippen molar-refractivity contribution in [2.24, 2.45) is 0 Å². The molecule has 18 heavy (non-hydrogen) atoms. The summed E-state index contributed by atoms with van der Waals surface area (Å²) in [6.07, 6.45) is 4.29. The molecule has 0 heterocycles. The molecule has 1 aromatic rings. The summed E-state index contributed by atoms with van der Waals surface area (Å²) >= 11 is 0. The third kappa shape index (κ3) is 5.62. The maximum Gasteiger partial charge on any atom is 0.0917 e. The first kappa shape index (κ1) is 15.2. The van der Waals surface area contributed by atoms with E-state index in [-0.39, 0.29) is 9.52 Å². The normalized spacial score (nSPS) is 11.5. The summed E-state index contributed by atoms with van der Waals surface area (Å²) in [5.74, 6) is 0.505. The van der Waals surface area contributed by atoms with Crippen LogP contribution in [0.25, 0.3) is 6.08 Å². The molecule has 0 saturated heterocycles. The van der Waals surface area contributed by atoms with Crippen LogP contribution in [0.15, 0.2) is 30.8 Å². The lowest BCUT2D eigenvalue weighted by Crippen LogP contribution is -2.50. The topological polar surface area (TPSA) is 24.1 Å². The van der Waals surface area contributed by atoms with E-state index in [1.165, 1.54) is 23.6 Å². The van der Waals surface area contributed by atoms with Crippen LogP contribution in [0.2, 0.25) is 0 Å². The minimum absolute atomic E-state index is 0.339. The van der Waals surface area contributed by atoms with Crippen LogP contribution in [0.5, 0.6) is 0 Å². The zero-order chi connectivity index (χ0) is 13.2. The third-order valence-corrected chi connectivity index (χ3v) is 4.80. The van der Waals surface area contributed by atoms with Crippen molar-refractivity contribution < 1.29 is 0 Å². The molecule has 0 saturated carbocycles. The highest BCUT2D eigenvalue weighted by atomic mass is 28.2. The molecule has 0 unspecified atom stereocenters. The summed E-state index contributed by atoms with van der Waals surface area (Å²) in [5.41, 5.74) is 1.23. The van der Waals surface area contributed by atoms with E-state index in [0.717, 1.165) is 13.1 Å². The Morgan fingerprint density at radius 3 is 2.44 bits per heavy atom. The highest BCUT2D eigenvalue weighted by Crippen LogP contribution is 1.97. The van der Waals surface area contributed by atoms with E-state index < -0.39 is 0 Å².